The van der Waals surface area contributed by atoms with E-state index in [0.717, 1.165) is 6.07 Å². The number of halogens is 2. The molecule has 0 aliphatic heterocycles. The summed E-state index contributed by atoms with van der Waals surface area (Å²) in [4.78, 5) is 0. The molecule has 0 bridgehead atoms. The first kappa shape index (κ1) is 6.99. The second-order valence-corrected chi connectivity index (χ2v) is 1.69. The highest BCUT2D eigenvalue weighted by atomic mass is 19.1. The van der Waals surface area contributed by atoms with Crippen LogP contribution in [-0.2, 0) is 0 Å². The number of methoxy groups -OCH3 is 1. The molecule has 1 rings (SSSR count). The maximum atomic E-state index is 12.4. The summed E-state index contributed by atoms with van der Waals surface area (Å²) in [6, 6.07) is 4.13. The minimum Gasteiger partial charge on any atom is -0.494 e. The SMILES string of the molecule is COc1ccc(F)[c]c1F. The van der Waals surface area contributed by atoms with Gasteiger partial charge in [0.15, 0.2) is 11.6 Å². The molecule has 0 spiro atoms. The van der Waals surface area contributed by atoms with Crippen LogP contribution in [0.3, 0.4) is 0 Å². The molecule has 0 aliphatic carbocycles. The summed E-state index contributed by atoms with van der Waals surface area (Å²) in [6.07, 6.45) is 0. The van der Waals surface area contributed by atoms with E-state index in [2.05, 4.69) is 4.74 Å². The number of rotatable bonds is 1. The summed E-state index contributed by atoms with van der Waals surface area (Å²) in [7, 11) is 1.31. The van der Waals surface area contributed by atoms with Crippen LogP contribution in [0.5, 0.6) is 5.75 Å². The zero-order valence-corrected chi connectivity index (χ0v) is 5.32. The second kappa shape index (κ2) is 2.64. The average molecular weight is 143 g/mol. The van der Waals surface area contributed by atoms with E-state index in [9.17, 15) is 8.78 Å². The standard InChI is InChI=1S/C7H5F2O/c1-10-7-3-2-5(8)4-6(7)9/h2-3H,1H3. The topological polar surface area (TPSA) is 9.23 Å². The van der Waals surface area contributed by atoms with E-state index in [1.807, 2.05) is 6.07 Å². The quantitative estimate of drug-likeness (QED) is 0.582. The molecular formula is C7H5F2O. The molecule has 1 radical (unpaired) electrons. The van der Waals surface area contributed by atoms with Crippen molar-refractivity contribution in [2.45, 2.75) is 0 Å². The molecule has 1 aromatic rings. The molecule has 0 N–H and O–H groups in total. The fourth-order valence-corrected chi connectivity index (χ4v) is 0.588. The smallest absolute Gasteiger partial charge is 0.176 e. The highest BCUT2D eigenvalue weighted by Crippen LogP contribution is 2.15. The highest BCUT2D eigenvalue weighted by Gasteiger charge is 2.01. The molecule has 53 valence electrons. The highest BCUT2D eigenvalue weighted by molar-refractivity contribution is 5.23. The number of benzene rings is 1. The third-order valence-corrected chi connectivity index (χ3v) is 1.05. The van der Waals surface area contributed by atoms with Crippen molar-refractivity contribution in [2.24, 2.45) is 0 Å². The first-order valence-electron chi connectivity index (χ1n) is 2.65. The molecule has 0 atom stereocenters. The van der Waals surface area contributed by atoms with Crippen molar-refractivity contribution >= 4 is 0 Å². The largest absolute Gasteiger partial charge is 0.494 e. The van der Waals surface area contributed by atoms with Gasteiger partial charge >= 0.3 is 0 Å². The van der Waals surface area contributed by atoms with Crippen molar-refractivity contribution in [3.8, 4) is 5.75 Å². The maximum absolute atomic E-state index is 12.4. The van der Waals surface area contributed by atoms with Crippen LogP contribution < -0.4 is 4.74 Å². The van der Waals surface area contributed by atoms with Crippen LogP contribution in [0.15, 0.2) is 12.1 Å². The maximum Gasteiger partial charge on any atom is 0.176 e. The summed E-state index contributed by atoms with van der Waals surface area (Å²) in [5, 5.41) is 0. The van der Waals surface area contributed by atoms with Crippen molar-refractivity contribution in [2.75, 3.05) is 7.11 Å². The summed E-state index contributed by atoms with van der Waals surface area (Å²) < 4.78 is 29.1. The molecule has 0 saturated heterocycles. The monoisotopic (exact) mass is 143 g/mol. The zero-order chi connectivity index (χ0) is 7.56. The van der Waals surface area contributed by atoms with Gasteiger partial charge in [0.1, 0.15) is 5.82 Å². The molecule has 3 heteroatoms. The average Bonchev–Trinajstić information content (AvgIpc) is 1.88. The van der Waals surface area contributed by atoms with Gasteiger partial charge in [0, 0.05) is 0 Å². The van der Waals surface area contributed by atoms with Crippen LogP contribution in [0.4, 0.5) is 8.78 Å². The second-order valence-electron chi connectivity index (χ2n) is 1.69. The van der Waals surface area contributed by atoms with Crippen molar-refractivity contribution in [1.29, 1.82) is 0 Å². The molecule has 1 nitrogen and oxygen atoms in total. The van der Waals surface area contributed by atoms with E-state index < -0.39 is 11.6 Å². The Morgan fingerprint density at radius 2 is 2.10 bits per heavy atom. The fraction of sp³-hybridized carbons (Fsp3) is 0.143. The van der Waals surface area contributed by atoms with Crippen molar-refractivity contribution in [1.82, 2.24) is 0 Å². The van der Waals surface area contributed by atoms with Gasteiger partial charge in [0.05, 0.1) is 13.2 Å². The first-order chi connectivity index (χ1) is 4.74. The van der Waals surface area contributed by atoms with Crippen LogP contribution >= 0.6 is 0 Å². The molecule has 0 unspecified atom stereocenters. The Kier molecular flexibility index (Phi) is 1.85. The predicted octanol–water partition coefficient (Wildman–Crippen LogP) is 1.77. The Bertz CT molecular complexity index is 235. The van der Waals surface area contributed by atoms with Gasteiger partial charge in [-0.2, -0.15) is 0 Å². The lowest BCUT2D eigenvalue weighted by Gasteiger charge is -1.98. The van der Waals surface area contributed by atoms with E-state index in [0.29, 0.717) is 0 Å². The third-order valence-electron chi connectivity index (χ3n) is 1.05. The zero-order valence-electron chi connectivity index (χ0n) is 5.32. The molecule has 0 aliphatic rings. The number of hydrogen-bond acceptors (Lipinski definition) is 1. The molecule has 0 saturated carbocycles. The van der Waals surface area contributed by atoms with Gasteiger partial charge in [0.2, 0.25) is 0 Å². The summed E-state index contributed by atoms with van der Waals surface area (Å²) in [6.45, 7) is 0. The van der Waals surface area contributed by atoms with Crippen molar-refractivity contribution in [3.63, 3.8) is 0 Å². The molecule has 0 aromatic heterocycles. The Labute approximate surface area is 57.2 Å². The van der Waals surface area contributed by atoms with Crippen molar-refractivity contribution < 1.29 is 13.5 Å². The fourth-order valence-electron chi connectivity index (χ4n) is 0.588. The predicted molar refractivity (Wildman–Crippen MR) is 31.7 cm³/mol. The Morgan fingerprint density at radius 3 is 2.60 bits per heavy atom. The first-order valence-corrected chi connectivity index (χ1v) is 2.65. The van der Waals surface area contributed by atoms with Gasteiger partial charge in [-0.3, -0.25) is 0 Å². The minimum absolute atomic E-state index is 0.00130. The number of ether oxygens (including phenoxy) is 1. The molecule has 0 amide bonds. The lowest BCUT2D eigenvalue weighted by molar-refractivity contribution is 0.383. The van der Waals surface area contributed by atoms with Gasteiger partial charge in [0.25, 0.3) is 0 Å². The van der Waals surface area contributed by atoms with Gasteiger partial charge in [-0.15, -0.1) is 0 Å². The third kappa shape index (κ3) is 1.23. The van der Waals surface area contributed by atoms with Crippen LogP contribution in [0.1, 0.15) is 0 Å². The van der Waals surface area contributed by atoms with Crippen LogP contribution in [0.2, 0.25) is 0 Å². The molecular weight excluding hydrogens is 138 g/mol. The van der Waals surface area contributed by atoms with Gasteiger partial charge < -0.3 is 4.74 Å². The Hall–Kier alpha value is -1.12. The van der Waals surface area contributed by atoms with Crippen LogP contribution in [0, 0.1) is 17.7 Å². The van der Waals surface area contributed by atoms with E-state index in [-0.39, 0.29) is 5.75 Å². The van der Waals surface area contributed by atoms with Gasteiger partial charge in [-0.1, -0.05) is 0 Å². The lowest BCUT2D eigenvalue weighted by Crippen LogP contribution is -1.88. The Balaban J connectivity index is 3.07. The molecule has 0 fully saturated rings. The van der Waals surface area contributed by atoms with Gasteiger partial charge in [-0.05, 0) is 12.1 Å². The molecule has 10 heavy (non-hydrogen) atoms. The Morgan fingerprint density at radius 1 is 1.40 bits per heavy atom. The normalized spacial score (nSPS) is 9.50. The van der Waals surface area contributed by atoms with E-state index in [1.54, 1.807) is 0 Å². The molecule has 0 heterocycles. The van der Waals surface area contributed by atoms with Crippen molar-refractivity contribution in [3.05, 3.63) is 29.8 Å². The van der Waals surface area contributed by atoms with Crippen LogP contribution in [0.25, 0.3) is 0 Å². The van der Waals surface area contributed by atoms with E-state index in [1.165, 1.54) is 13.2 Å². The molecule has 1 aromatic carbocycles. The van der Waals surface area contributed by atoms with E-state index >= 15 is 0 Å². The summed E-state index contributed by atoms with van der Waals surface area (Å²) in [5.41, 5.74) is 0. The van der Waals surface area contributed by atoms with E-state index in [4.69, 9.17) is 0 Å². The number of hydrogen-bond donors (Lipinski definition) is 0. The van der Waals surface area contributed by atoms with Gasteiger partial charge in [-0.25, -0.2) is 8.78 Å². The lowest BCUT2D eigenvalue weighted by atomic mass is 10.3. The summed E-state index contributed by atoms with van der Waals surface area (Å²) in [5.74, 6) is -1.53. The van der Waals surface area contributed by atoms with Crippen LogP contribution in [-0.4, -0.2) is 7.11 Å². The minimum atomic E-state index is -0.803. The summed E-state index contributed by atoms with van der Waals surface area (Å²) >= 11 is 0.